The predicted octanol–water partition coefficient (Wildman–Crippen LogP) is 1.12. The summed E-state index contributed by atoms with van der Waals surface area (Å²) < 4.78 is 1.46. The standard InChI is InChI=1S/C15H18N4OS/c1-3-18(2)12-9-15(20)19(17-10-12)11-14-7-6-13(21-14)5-4-8-16/h6-7,9-10H,3,8,11,16H2,1-2H3. The van der Waals surface area contributed by atoms with Crippen LogP contribution in [0.3, 0.4) is 0 Å². The molecule has 0 aliphatic rings. The second-order valence-corrected chi connectivity index (χ2v) is 5.66. The highest BCUT2D eigenvalue weighted by molar-refractivity contribution is 7.12. The molecule has 2 aromatic heterocycles. The molecule has 0 fully saturated rings. The summed E-state index contributed by atoms with van der Waals surface area (Å²) in [7, 11) is 1.93. The van der Waals surface area contributed by atoms with Gasteiger partial charge in [0.25, 0.3) is 5.56 Å². The number of hydrogen-bond donors (Lipinski definition) is 1. The minimum absolute atomic E-state index is 0.101. The van der Waals surface area contributed by atoms with Crippen LogP contribution < -0.4 is 16.2 Å². The van der Waals surface area contributed by atoms with Gasteiger partial charge in [-0.15, -0.1) is 11.3 Å². The summed E-state index contributed by atoms with van der Waals surface area (Å²) in [5.41, 5.74) is 6.08. The predicted molar refractivity (Wildman–Crippen MR) is 86.8 cm³/mol. The maximum atomic E-state index is 12.1. The van der Waals surface area contributed by atoms with Crippen molar-refractivity contribution in [1.82, 2.24) is 9.78 Å². The van der Waals surface area contributed by atoms with Crippen molar-refractivity contribution in [3.8, 4) is 11.8 Å². The molecule has 0 bridgehead atoms. The maximum absolute atomic E-state index is 12.1. The summed E-state index contributed by atoms with van der Waals surface area (Å²) in [5.74, 6) is 5.80. The Kier molecular flexibility index (Phi) is 5.14. The van der Waals surface area contributed by atoms with Gasteiger partial charge >= 0.3 is 0 Å². The average Bonchev–Trinajstić information content (AvgIpc) is 2.94. The Hall–Kier alpha value is -2.10. The second-order valence-electron chi connectivity index (χ2n) is 4.50. The van der Waals surface area contributed by atoms with Crippen LogP contribution in [0.1, 0.15) is 16.7 Å². The third kappa shape index (κ3) is 3.94. The van der Waals surface area contributed by atoms with E-state index >= 15 is 0 Å². The SMILES string of the molecule is CCN(C)c1cnn(Cc2ccc(C#CCN)s2)c(=O)c1. The smallest absolute Gasteiger partial charge is 0.269 e. The van der Waals surface area contributed by atoms with Crippen LogP contribution in [-0.4, -0.2) is 29.9 Å². The summed E-state index contributed by atoms with van der Waals surface area (Å²) in [6.45, 7) is 3.67. The molecule has 2 N–H and O–H groups in total. The molecule has 0 aliphatic heterocycles. The maximum Gasteiger partial charge on any atom is 0.269 e. The van der Waals surface area contributed by atoms with Gasteiger partial charge in [-0.2, -0.15) is 5.10 Å². The van der Waals surface area contributed by atoms with E-state index in [2.05, 4.69) is 16.9 Å². The topological polar surface area (TPSA) is 64.2 Å². The summed E-state index contributed by atoms with van der Waals surface area (Å²) in [4.78, 5) is 16.0. The van der Waals surface area contributed by atoms with E-state index < -0.39 is 0 Å². The molecule has 0 radical (unpaired) electrons. The Bertz CT molecular complexity index is 723. The molecule has 0 spiro atoms. The fourth-order valence-electron chi connectivity index (χ4n) is 1.75. The lowest BCUT2D eigenvalue weighted by Crippen LogP contribution is -2.25. The Morgan fingerprint density at radius 2 is 2.29 bits per heavy atom. The van der Waals surface area contributed by atoms with Crippen molar-refractivity contribution in [2.75, 3.05) is 25.0 Å². The van der Waals surface area contributed by atoms with Crippen LogP contribution in [0.4, 0.5) is 5.69 Å². The molecule has 2 aromatic rings. The lowest BCUT2D eigenvalue weighted by molar-refractivity contribution is 0.644. The van der Waals surface area contributed by atoms with Crippen LogP contribution >= 0.6 is 11.3 Å². The van der Waals surface area contributed by atoms with Crippen molar-refractivity contribution in [2.24, 2.45) is 5.73 Å². The van der Waals surface area contributed by atoms with E-state index in [9.17, 15) is 4.79 Å². The molecule has 2 rings (SSSR count). The first-order chi connectivity index (χ1) is 10.1. The molecular formula is C15H18N4OS. The van der Waals surface area contributed by atoms with Crippen molar-refractivity contribution < 1.29 is 0 Å². The van der Waals surface area contributed by atoms with Crippen molar-refractivity contribution in [1.29, 1.82) is 0 Å². The quantitative estimate of drug-likeness (QED) is 0.860. The van der Waals surface area contributed by atoms with E-state index in [0.717, 1.165) is 22.0 Å². The summed E-state index contributed by atoms with van der Waals surface area (Å²) in [6.07, 6.45) is 1.72. The molecule has 0 atom stereocenters. The number of hydrogen-bond acceptors (Lipinski definition) is 5. The average molecular weight is 302 g/mol. The zero-order valence-corrected chi connectivity index (χ0v) is 13.0. The van der Waals surface area contributed by atoms with Gasteiger partial charge in [0.05, 0.1) is 29.9 Å². The van der Waals surface area contributed by atoms with E-state index in [-0.39, 0.29) is 5.56 Å². The van der Waals surface area contributed by atoms with Gasteiger partial charge in [0.1, 0.15) is 0 Å². The number of rotatable bonds is 4. The fraction of sp³-hybridized carbons (Fsp3) is 0.333. The van der Waals surface area contributed by atoms with Crippen molar-refractivity contribution >= 4 is 17.0 Å². The first-order valence-corrected chi connectivity index (χ1v) is 7.51. The molecule has 0 aromatic carbocycles. The second kappa shape index (κ2) is 7.07. The summed E-state index contributed by atoms with van der Waals surface area (Å²) in [5, 5.41) is 4.23. The van der Waals surface area contributed by atoms with Gasteiger partial charge in [0, 0.05) is 24.5 Å². The molecule has 0 saturated heterocycles. The number of nitrogens with zero attached hydrogens (tertiary/aromatic N) is 3. The number of nitrogens with two attached hydrogens (primary N) is 1. The molecule has 0 amide bonds. The first-order valence-electron chi connectivity index (χ1n) is 6.70. The van der Waals surface area contributed by atoms with Crippen LogP contribution in [0.5, 0.6) is 0 Å². The van der Waals surface area contributed by atoms with Gasteiger partial charge in [-0.1, -0.05) is 11.8 Å². The van der Waals surface area contributed by atoms with Gasteiger partial charge in [0.15, 0.2) is 0 Å². The molecular weight excluding hydrogens is 284 g/mol. The van der Waals surface area contributed by atoms with Crippen LogP contribution in [0.2, 0.25) is 0 Å². The fourth-order valence-corrected chi connectivity index (χ4v) is 2.61. The molecule has 110 valence electrons. The largest absolute Gasteiger partial charge is 0.373 e. The molecule has 21 heavy (non-hydrogen) atoms. The monoisotopic (exact) mass is 302 g/mol. The highest BCUT2D eigenvalue weighted by atomic mass is 32.1. The van der Waals surface area contributed by atoms with Gasteiger partial charge in [-0.3, -0.25) is 4.79 Å². The zero-order chi connectivity index (χ0) is 15.2. The zero-order valence-electron chi connectivity index (χ0n) is 12.2. The minimum Gasteiger partial charge on any atom is -0.373 e. The van der Waals surface area contributed by atoms with Crippen molar-refractivity contribution in [3.05, 3.63) is 44.5 Å². The number of thiophene rings is 1. The van der Waals surface area contributed by atoms with Crippen LogP contribution in [-0.2, 0) is 6.54 Å². The highest BCUT2D eigenvalue weighted by Crippen LogP contribution is 2.16. The molecule has 0 unspecified atom stereocenters. The van der Waals surface area contributed by atoms with E-state index in [4.69, 9.17) is 5.73 Å². The highest BCUT2D eigenvalue weighted by Gasteiger charge is 2.05. The molecule has 6 heteroatoms. The van der Waals surface area contributed by atoms with E-state index in [1.165, 1.54) is 4.68 Å². The van der Waals surface area contributed by atoms with E-state index in [1.807, 2.05) is 31.0 Å². The van der Waals surface area contributed by atoms with Crippen LogP contribution in [0.15, 0.2) is 29.2 Å². The number of anilines is 1. The normalized spacial score (nSPS) is 10.0. The first kappa shape index (κ1) is 15.3. The lowest BCUT2D eigenvalue weighted by atomic mass is 10.4. The summed E-state index contributed by atoms with van der Waals surface area (Å²) >= 11 is 1.55. The van der Waals surface area contributed by atoms with Gasteiger partial charge in [-0.25, -0.2) is 4.68 Å². The molecule has 0 saturated carbocycles. The van der Waals surface area contributed by atoms with Gasteiger partial charge in [0.2, 0.25) is 0 Å². The lowest BCUT2D eigenvalue weighted by Gasteiger charge is -2.16. The summed E-state index contributed by atoms with van der Waals surface area (Å²) in [6, 6.07) is 5.51. The van der Waals surface area contributed by atoms with Gasteiger partial charge in [-0.05, 0) is 19.1 Å². The molecule has 5 nitrogen and oxygen atoms in total. The number of aromatic nitrogens is 2. The Labute approximate surface area is 128 Å². The molecule has 0 aliphatic carbocycles. The minimum atomic E-state index is -0.101. The Balaban J connectivity index is 2.16. The molecule has 2 heterocycles. The third-order valence-electron chi connectivity index (χ3n) is 3.05. The van der Waals surface area contributed by atoms with Crippen LogP contribution in [0, 0.1) is 11.8 Å². The van der Waals surface area contributed by atoms with E-state index in [1.54, 1.807) is 23.6 Å². The Morgan fingerprint density at radius 3 is 2.95 bits per heavy atom. The van der Waals surface area contributed by atoms with E-state index in [0.29, 0.717) is 13.1 Å². The van der Waals surface area contributed by atoms with Crippen molar-refractivity contribution in [2.45, 2.75) is 13.5 Å². The van der Waals surface area contributed by atoms with Crippen LogP contribution in [0.25, 0.3) is 0 Å². The third-order valence-corrected chi connectivity index (χ3v) is 4.04. The van der Waals surface area contributed by atoms with Gasteiger partial charge < -0.3 is 10.6 Å². The Morgan fingerprint density at radius 1 is 1.48 bits per heavy atom. The van der Waals surface area contributed by atoms with Crippen molar-refractivity contribution in [3.63, 3.8) is 0 Å².